The molecule has 2 atom stereocenters. The molecule has 3 rings (SSSR count). The first kappa shape index (κ1) is 17.7. The molecule has 0 spiro atoms. The Labute approximate surface area is 146 Å². The predicted molar refractivity (Wildman–Crippen MR) is 90.1 cm³/mol. The van der Waals surface area contributed by atoms with Gasteiger partial charge >= 0.3 is 0 Å². The van der Waals surface area contributed by atoms with Crippen LogP contribution in [0, 0.1) is 0 Å². The normalized spacial score (nSPS) is 24.7. The standard InChI is InChI=1S/C16H21N3O5S/c1-3-15(20)18-6-7-19(13-10-25(22,23)9-12(13)18)16(21)11-4-5-17-14(8-11)24-2/h4-5,8,12-13H,3,6-7,9-10H2,1-2H3/t12-,13+/m0/s1. The fourth-order valence-corrected chi connectivity index (χ4v) is 5.52. The lowest BCUT2D eigenvalue weighted by atomic mass is 10.0. The second-order valence-corrected chi connectivity index (χ2v) is 8.39. The molecule has 2 aliphatic heterocycles. The van der Waals surface area contributed by atoms with Crippen molar-refractivity contribution in [3.63, 3.8) is 0 Å². The highest BCUT2D eigenvalue weighted by atomic mass is 32.2. The lowest BCUT2D eigenvalue weighted by molar-refractivity contribution is -0.135. The van der Waals surface area contributed by atoms with E-state index >= 15 is 0 Å². The van der Waals surface area contributed by atoms with Crippen LogP contribution in [0.4, 0.5) is 0 Å². The van der Waals surface area contributed by atoms with Crippen LogP contribution in [0.15, 0.2) is 18.3 Å². The second kappa shape index (κ2) is 6.62. The summed E-state index contributed by atoms with van der Waals surface area (Å²) in [5.74, 6) is -0.228. The molecule has 0 unspecified atom stereocenters. The SMILES string of the molecule is CCC(=O)N1CCN(C(=O)c2ccnc(OC)c2)[C@@H]2CS(=O)(=O)C[C@@H]21. The maximum Gasteiger partial charge on any atom is 0.254 e. The summed E-state index contributed by atoms with van der Waals surface area (Å²) in [6.07, 6.45) is 1.80. The van der Waals surface area contributed by atoms with E-state index in [0.29, 0.717) is 31.0 Å². The Morgan fingerprint density at radius 1 is 1.24 bits per heavy atom. The Morgan fingerprint density at radius 3 is 2.52 bits per heavy atom. The summed E-state index contributed by atoms with van der Waals surface area (Å²) in [5, 5.41) is 0. The molecule has 2 fully saturated rings. The van der Waals surface area contributed by atoms with Crippen molar-refractivity contribution >= 4 is 21.7 Å². The van der Waals surface area contributed by atoms with Crippen LogP contribution in [-0.2, 0) is 14.6 Å². The first-order valence-electron chi connectivity index (χ1n) is 8.17. The molecular formula is C16H21N3O5S. The van der Waals surface area contributed by atoms with Gasteiger partial charge in [-0.2, -0.15) is 0 Å². The number of fused-ring (bicyclic) bond motifs is 1. The number of hydrogen-bond donors (Lipinski definition) is 0. The third-order valence-corrected chi connectivity index (χ3v) is 6.45. The first-order chi connectivity index (χ1) is 11.9. The number of piperazine rings is 1. The number of methoxy groups -OCH3 is 1. The maximum absolute atomic E-state index is 12.9. The van der Waals surface area contributed by atoms with Crippen LogP contribution in [0.3, 0.4) is 0 Å². The highest BCUT2D eigenvalue weighted by Crippen LogP contribution is 2.29. The fourth-order valence-electron chi connectivity index (χ4n) is 3.54. The van der Waals surface area contributed by atoms with Crippen LogP contribution in [0.1, 0.15) is 23.7 Å². The number of hydrogen-bond acceptors (Lipinski definition) is 6. The monoisotopic (exact) mass is 367 g/mol. The van der Waals surface area contributed by atoms with E-state index in [0.717, 1.165) is 0 Å². The van der Waals surface area contributed by atoms with Gasteiger partial charge < -0.3 is 14.5 Å². The van der Waals surface area contributed by atoms with E-state index in [2.05, 4.69) is 4.98 Å². The molecule has 0 aromatic carbocycles. The van der Waals surface area contributed by atoms with Gasteiger partial charge in [0.2, 0.25) is 11.8 Å². The van der Waals surface area contributed by atoms with Gasteiger partial charge in [0.15, 0.2) is 9.84 Å². The van der Waals surface area contributed by atoms with Crippen molar-refractivity contribution in [3.05, 3.63) is 23.9 Å². The van der Waals surface area contributed by atoms with Gasteiger partial charge in [0, 0.05) is 37.3 Å². The van der Waals surface area contributed by atoms with Crippen molar-refractivity contribution in [1.29, 1.82) is 0 Å². The summed E-state index contributed by atoms with van der Waals surface area (Å²) in [6.45, 7) is 2.41. The molecule has 2 aliphatic rings. The summed E-state index contributed by atoms with van der Waals surface area (Å²) in [7, 11) is -1.83. The van der Waals surface area contributed by atoms with Crippen molar-refractivity contribution < 1.29 is 22.7 Å². The van der Waals surface area contributed by atoms with E-state index < -0.39 is 21.9 Å². The predicted octanol–water partition coefficient (Wildman–Crippen LogP) is -0.0498. The van der Waals surface area contributed by atoms with E-state index in [-0.39, 0.29) is 23.3 Å². The van der Waals surface area contributed by atoms with E-state index in [1.54, 1.807) is 22.8 Å². The topological polar surface area (TPSA) is 96.9 Å². The van der Waals surface area contributed by atoms with Crippen LogP contribution in [-0.4, -0.2) is 78.8 Å². The van der Waals surface area contributed by atoms with E-state index in [1.165, 1.54) is 19.4 Å². The number of pyridine rings is 1. The highest BCUT2D eigenvalue weighted by Gasteiger charge is 2.49. The number of carbonyl (C=O) groups excluding carboxylic acids is 2. The minimum absolute atomic E-state index is 0.0789. The van der Waals surface area contributed by atoms with Gasteiger partial charge in [-0.15, -0.1) is 0 Å². The molecule has 25 heavy (non-hydrogen) atoms. The smallest absolute Gasteiger partial charge is 0.254 e. The van der Waals surface area contributed by atoms with Gasteiger partial charge in [0.1, 0.15) is 0 Å². The summed E-state index contributed by atoms with van der Waals surface area (Å²) < 4.78 is 29.3. The number of rotatable bonds is 3. The van der Waals surface area contributed by atoms with Crippen molar-refractivity contribution in [3.8, 4) is 5.88 Å². The second-order valence-electron chi connectivity index (χ2n) is 6.24. The fraction of sp³-hybridized carbons (Fsp3) is 0.562. The summed E-state index contributed by atoms with van der Waals surface area (Å²) in [6, 6.07) is 2.12. The minimum Gasteiger partial charge on any atom is -0.481 e. The third-order valence-electron chi connectivity index (χ3n) is 4.75. The van der Waals surface area contributed by atoms with E-state index in [4.69, 9.17) is 4.74 Å². The number of carbonyl (C=O) groups is 2. The van der Waals surface area contributed by atoms with Crippen molar-refractivity contribution in [2.24, 2.45) is 0 Å². The van der Waals surface area contributed by atoms with Gasteiger partial charge in [-0.05, 0) is 6.07 Å². The molecule has 1 aromatic heterocycles. The molecule has 2 saturated heterocycles. The average Bonchev–Trinajstić information content (AvgIpc) is 2.94. The lowest BCUT2D eigenvalue weighted by Crippen LogP contribution is -2.61. The van der Waals surface area contributed by atoms with Gasteiger partial charge in [-0.1, -0.05) is 6.92 Å². The third kappa shape index (κ3) is 3.33. The number of amides is 2. The number of ether oxygens (including phenoxy) is 1. The minimum atomic E-state index is -3.29. The van der Waals surface area contributed by atoms with Crippen LogP contribution in [0.25, 0.3) is 0 Å². The molecule has 0 aliphatic carbocycles. The zero-order valence-electron chi connectivity index (χ0n) is 14.2. The van der Waals surface area contributed by atoms with Crippen molar-refractivity contribution in [2.75, 3.05) is 31.7 Å². The van der Waals surface area contributed by atoms with Gasteiger partial charge in [-0.25, -0.2) is 13.4 Å². The number of aromatic nitrogens is 1. The zero-order chi connectivity index (χ0) is 18.2. The molecule has 0 radical (unpaired) electrons. The van der Waals surface area contributed by atoms with Crippen LogP contribution >= 0.6 is 0 Å². The molecule has 8 nitrogen and oxygen atoms in total. The van der Waals surface area contributed by atoms with Gasteiger partial charge in [0.05, 0.1) is 30.7 Å². The van der Waals surface area contributed by atoms with E-state index in [1.807, 2.05) is 0 Å². The number of sulfone groups is 1. The molecule has 0 saturated carbocycles. The van der Waals surface area contributed by atoms with Gasteiger partial charge in [-0.3, -0.25) is 9.59 Å². The quantitative estimate of drug-likeness (QED) is 0.743. The summed E-state index contributed by atoms with van der Waals surface area (Å²) in [5.41, 5.74) is 0.394. The first-order valence-corrected chi connectivity index (χ1v) is 9.99. The zero-order valence-corrected chi connectivity index (χ0v) is 15.0. The molecule has 9 heteroatoms. The summed E-state index contributed by atoms with van der Waals surface area (Å²) >= 11 is 0. The van der Waals surface area contributed by atoms with Crippen molar-refractivity contribution in [2.45, 2.75) is 25.4 Å². The Balaban J connectivity index is 1.90. The van der Waals surface area contributed by atoms with E-state index in [9.17, 15) is 18.0 Å². The Morgan fingerprint density at radius 2 is 1.88 bits per heavy atom. The average molecular weight is 367 g/mol. The molecule has 2 amide bonds. The lowest BCUT2D eigenvalue weighted by Gasteiger charge is -2.43. The van der Waals surface area contributed by atoms with Crippen LogP contribution < -0.4 is 4.74 Å². The largest absolute Gasteiger partial charge is 0.481 e. The maximum atomic E-state index is 12.9. The van der Waals surface area contributed by atoms with Crippen molar-refractivity contribution in [1.82, 2.24) is 14.8 Å². The Kier molecular flexibility index (Phi) is 4.68. The molecular weight excluding hydrogens is 346 g/mol. The molecule has 0 bridgehead atoms. The van der Waals surface area contributed by atoms with Crippen LogP contribution in [0.2, 0.25) is 0 Å². The molecule has 136 valence electrons. The molecule has 0 N–H and O–H groups in total. The molecule has 1 aromatic rings. The van der Waals surface area contributed by atoms with Gasteiger partial charge in [0.25, 0.3) is 5.91 Å². The van der Waals surface area contributed by atoms with Crippen LogP contribution in [0.5, 0.6) is 5.88 Å². The Bertz CT molecular complexity index is 795. The molecule has 3 heterocycles. The number of nitrogens with zero attached hydrogens (tertiary/aromatic N) is 3. The highest BCUT2D eigenvalue weighted by molar-refractivity contribution is 7.91. The summed E-state index contributed by atoms with van der Waals surface area (Å²) in [4.78, 5) is 32.2. The Hall–Kier alpha value is -2.16.